The molecule has 0 unspecified atom stereocenters. The van der Waals surface area contributed by atoms with Gasteiger partial charge in [0.1, 0.15) is 5.75 Å². The van der Waals surface area contributed by atoms with Gasteiger partial charge in [-0.15, -0.1) is 0 Å². The van der Waals surface area contributed by atoms with Crippen LogP contribution in [0.4, 0.5) is 5.69 Å². The first-order valence-electron chi connectivity index (χ1n) is 5.59. The van der Waals surface area contributed by atoms with Gasteiger partial charge >= 0.3 is 0 Å². The average Bonchev–Trinajstić information content (AvgIpc) is 2.41. The number of carbonyl (C=O) groups is 1. The number of para-hydroxylation sites is 2. The maximum Gasteiger partial charge on any atom is 0.255 e. The van der Waals surface area contributed by atoms with Gasteiger partial charge in [-0.2, -0.15) is 0 Å². The van der Waals surface area contributed by atoms with Crippen LogP contribution in [-0.4, -0.2) is 11.0 Å². The van der Waals surface area contributed by atoms with Crippen LogP contribution < -0.4 is 11.1 Å². The Balaban J connectivity index is 2.19. The number of hydrogen-bond donors (Lipinski definition) is 3. The van der Waals surface area contributed by atoms with E-state index in [1.165, 1.54) is 6.07 Å². The van der Waals surface area contributed by atoms with Crippen molar-refractivity contribution in [1.29, 1.82) is 0 Å². The quantitative estimate of drug-likeness (QED) is 0.721. The number of carbonyl (C=O) groups excluding carboxylic acids is 1. The lowest BCUT2D eigenvalue weighted by Crippen LogP contribution is -2.12. The zero-order chi connectivity index (χ0) is 13.0. The number of aromatic hydroxyl groups is 1. The Morgan fingerprint density at radius 2 is 1.94 bits per heavy atom. The van der Waals surface area contributed by atoms with Crippen molar-refractivity contribution >= 4 is 11.6 Å². The van der Waals surface area contributed by atoms with Crippen LogP contribution in [0.3, 0.4) is 0 Å². The second-order valence-corrected chi connectivity index (χ2v) is 3.88. The zero-order valence-corrected chi connectivity index (χ0v) is 9.76. The number of hydrogen-bond acceptors (Lipinski definition) is 3. The second kappa shape index (κ2) is 5.33. The van der Waals surface area contributed by atoms with Crippen molar-refractivity contribution in [3.8, 4) is 5.75 Å². The molecule has 4 nitrogen and oxygen atoms in total. The van der Waals surface area contributed by atoms with E-state index in [-0.39, 0.29) is 11.7 Å². The first-order valence-corrected chi connectivity index (χ1v) is 5.59. The third-order valence-electron chi connectivity index (χ3n) is 2.58. The van der Waals surface area contributed by atoms with Crippen molar-refractivity contribution in [2.45, 2.75) is 6.54 Å². The van der Waals surface area contributed by atoms with E-state index in [4.69, 9.17) is 5.73 Å². The van der Waals surface area contributed by atoms with E-state index in [1.807, 2.05) is 6.07 Å². The Hall–Kier alpha value is -2.33. The van der Waals surface area contributed by atoms with Crippen LogP contribution in [0.5, 0.6) is 5.75 Å². The van der Waals surface area contributed by atoms with Gasteiger partial charge in [0.25, 0.3) is 5.91 Å². The summed E-state index contributed by atoms with van der Waals surface area (Å²) in [5.74, 6) is -0.229. The maximum absolute atomic E-state index is 12.0. The van der Waals surface area contributed by atoms with E-state index in [1.54, 1.807) is 36.4 Å². The summed E-state index contributed by atoms with van der Waals surface area (Å²) in [4.78, 5) is 12.0. The molecule has 4 heteroatoms. The lowest BCUT2D eigenvalue weighted by atomic mass is 10.1. The van der Waals surface area contributed by atoms with Gasteiger partial charge in [0.15, 0.2) is 0 Å². The number of rotatable bonds is 3. The molecule has 0 spiro atoms. The van der Waals surface area contributed by atoms with Gasteiger partial charge in [-0.1, -0.05) is 24.3 Å². The highest BCUT2D eigenvalue weighted by Crippen LogP contribution is 2.22. The van der Waals surface area contributed by atoms with Gasteiger partial charge in [-0.25, -0.2) is 0 Å². The zero-order valence-electron chi connectivity index (χ0n) is 9.76. The van der Waals surface area contributed by atoms with Crippen molar-refractivity contribution < 1.29 is 9.90 Å². The van der Waals surface area contributed by atoms with E-state index >= 15 is 0 Å². The second-order valence-electron chi connectivity index (χ2n) is 3.88. The highest BCUT2D eigenvalue weighted by molar-refractivity contribution is 6.05. The highest BCUT2D eigenvalue weighted by atomic mass is 16.3. The summed E-state index contributed by atoms with van der Waals surface area (Å²) in [6.07, 6.45) is 0. The van der Waals surface area contributed by atoms with Gasteiger partial charge in [0.05, 0.1) is 5.69 Å². The first-order chi connectivity index (χ1) is 8.70. The van der Waals surface area contributed by atoms with E-state index in [2.05, 4.69) is 5.32 Å². The summed E-state index contributed by atoms with van der Waals surface area (Å²) < 4.78 is 0. The minimum absolute atomic E-state index is 0.0424. The van der Waals surface area contributed by atoms with Gasteiger partial charge in [0.2, 0.25) is 0 Å². The molecule has 0 atom stereocenters. The van der Waals surface area contributed by atoms with E-state index in [0.29, 0.717) is 17.8 Å². The van der Waals surface area contributed by atoms with Crippen molar-refractivity contribution in [3.05, 3.63) is 59.7 Å². The third-order valence-corrected chi connectivity index (χ3v) is 2.58. The van der Waals surface area contributed by atoms with Crippen LogP contribution in [0.25, 0.3) is 0 Å². The highest BCUT2D eigenvalue weighted by Gasteiger charge is 2.08. The Morgan fingerprint density at radius 3 is 2.67 bits per heavy atom. The molecule has 0 aliphatic heterocycles. The Labute approximate surface area is 105 Å². The molecule has 1 amide bonds. The molecule has 18 heavy (non-hydrogen) atoms. The fraction of sp³-hybridized carbons (Fsp3) is 0.0714. The molecular formula is C14H14N2O2. The predicted octanol–water partition coefficient (Wildman–Crippen LogP) is 2.10. The van der Waals surface area contributed by atoms with Crippen LogP contribution in [-0.2, 0) is 6.54 Å². The molecule has 0 bridgehead atoms. The topological polar surface area (TPSA) is 75.4 Å². The molecule has 0 heterocycles. The molecule has 0 aromatic heterocycles. The molecule has 0 aliphatic carbocycles. The molecule has 0 aliphatic rings. The Bertz CT molecular complexity index is 567. The standard InChI is InChI=1S/C14H14N2O2/c15-9-10-4-3-5-11(8-10)14(18)16-12-6-1-2-7-13(12)17/h1-8,17H,9,15H2,(H,16,18). The lowest BCUT2D eigenvalue weighted by Gasteiger charge is -2.07. The van der Waals surface area contributed by atoms with Crippen LogP contribution in [0.1, 0.15) is 15.9 Å². The molecule has 2 rings (SSSR count). The van der Waals surface area contributed by atoms with Gasteiger partial charge in [-0.05, 0) is 29.8 Å². The fourth-order valence-corrected chi connectivity index (χ4v) is 1.61. The smallest absolute Gasteiger partial charge is 0.255 e. The summed E-state index contributed by atoms with van der Waals surface area (Å²) in [5.41, 5.74) is 7.32. The molecule has 0 radical (unpaired) electrons. The minimum atomic E-state index is -0.271. The normalized spacial score (nSPS) is 10.1. The molecule has 0 saturated heterocycles. The van der Waals surface area contributed by atoms with Crippen LogP contribution in [0.15, 0.2) is 48.5 Å². The Morgan fingerprint density at radius 1 is 1.17 bits per heavy atom. The predicted molar refractivity (Wildman–Crippen MR) is 70.4 cm³/mol. The SMILES string of the molecule is NCc1cccc(C(=O)Nc2ccccc2O)c1. The first kappa shape index (κ1) is 12.1. The number of benzene rings is 2. The molecule has 2 aromatic carbocycles. The van der Waals surface area contributed by atoms with Crippen LogP contribution in [0, 0.1) is 0 Å². The molecule has 0 saturated carbocycles. The van der Waals surface area contributed by atoms with Crippen molar-refractivity contribution in [2.24, 2.45) is 5.73 Å². The van der Waals surface area contributed by atoms with Crippen molar-refractivity contribution in [1.82, 2.24) is 0 Å². The minimum Gasteiger partial charge on any atom is -0.506 e. The summed E-state index contributed by atoms with van der Waals surface area (Å²) in [6.45, 7) is 0.387. The molecule has 0 fully saturated rings. The third kappa shape index (κ3) is 2.67. The summed E-state index contributed by atoms with van der Waals surface area (Å²) in [5, 5.41) is 12.2. The number of nitrogens with one attached hydrogen (secondary N) is 1. The monoisotopic (exact) mass is 242 g/mol. The molecular weight excluding hydrogens is 228 g/mol. The summed E-state index contributed by atoms with van der Waals surface area (Å²) in [7, 11) is 0. The molecule has 4 N–H and O–H groups in total. The fourth-order valence-electron chi connectivity index (χ4n) is 1.61. The van der Waals surface area contributed by atoms with E-state index < -0.39 is 0 Å². The molecule has 2 aromatic rings. The molecule has 92 valence electrons. The van der Waals surface area contributed by atoms with Gasteiger partial charge < -0.3 is 16.2 Å². The maximum atomic E-state index is 12.0. The number of anilines is 1. The number of nitrogens with two attached hydrogens (primary N) is 1. The van der Waals surface area contributed by atoms with Gasteiger partial charge in [0, 0.05) is 12.1 Å². The number of amides is 1. The van der Waals surface area contributed by atoms with Gasteiger partial charge in [-0.3, -0.25) is 4.79 Å². The van der Waals surface area contributed by atoms with Crippen LogP contribution in [0.2, 0.25) is 0 Å². The summed E-state index contributed by atoms with van der Waals surface area (Å²) >= 11 is 0. The van der Waals surface area contributed by atoms with Crippen molar-refractivity contribution in [2.75, 3.05) is 5.32 Å². The van der Waals surface area contributed by atoms with Crippen molar-refractivity contribution in [3.63, 3.8) is 0 Å². The Kier molecular flexibility index (Phi) is 3.60. The van der Waals surface area contributed by atoms with Crippen LogP contribution >= 0.6 is 0 Å². The number of phenols is 1. The average molecular weight is 242 g/mol. The van der Waals surface area contributed by atoms with E-state index in [0.717, 1.165) is 5.56 Å². The van der Waals surface area contributed by atoms with E-state index in [9.17, 15) is 9.90 Å². The largest absolute Gasteiger partial charge is 0.506 e. The number of phenolic OH excluding ortho intramolecular Hbond substituents is 1. The lowest BCUT2D eigenvalue weighted by molar-refractivity contribution is 0.102. The summed E-state index contributed by atoms with van der Waals surface area (Å²) in [6, 6.07) is 13.7.